The van der Waals surface area contributed by atoms with Gasteiger partial charge in [-0.25, -0.2) is 9.67 Å². The second kappa shape index (κ2) is 9.38. The first-order chi connectivity index (χ1) is 17.2. The molecule has 5 heterocycles. The fourth-order valence-corrected chi connectivity index (χ4v) is 6.08. The molecule has 182 valence electrons. The van der Waals surface area contributed by atoms with E-state index in [-0.39, 0.29) is 30.2 Å². The van der Waals surface area contributed by atoms with E-state index in [1.165, 1.54) is 28.9 Å². The van der Waals surface area contributed by atoms with Crippen molar-refractivity contribution in [3.8, 4) is 5.75 Å². The highest BCUT2D eigenvalue weighted by Crippen LogP contribution is 2.32. The van der Waals surface area contributed by atoms with Crippen LogP contribution in [0.4, 0.5) is 0 Å². The Morgan fingerprint density at radius 2 is 2.14 bits per heavy atom. The molecule has 2 atom stereocenters. The van der Waals surface area contributed by atoms with Crippen LogP contribution in [0.25, 0.3) is 0 Å². The standard InChI is InChI=1S/C24H26N6O4S/c31-23-21-19(6-3-7-25-21)33-9-8-30-10-16(27-28-30)13-34-20-12-29(11-18(20)26-23)24(32)22-17-5-2-1-4-15(17)14-35-22/h3,6-7,10,14,18,20H,1-2,4-5,8-9,11-13H2,(H,26,31)/t18-,20-/m0/s1. The van der Waals surface area contributed by atoms with Crippen LogP contribution < -0.4 is 10.1 Å². The Labute approximate surface area is 206 Å². The van der Waals surface area contributed by atoms with E-state index in [1.54, 1.807) is 27.9 Å². The van der Waals surface area contributed by atoms with Crippen LogP contribution in [0.1, 0.15) is 49.8 Å². The SMILES string of the molecule is O=C1N[C@H]2CN(C(=O)c3scc4c3CCCC4)C[C@@H]2OCc2cn(nn2)CCOc2cccnc21. The van der Waals surface area contributed by atoms with Crippen molar-refractivity contribution in [3.05, 3.63) is 57.3 Å². The van der Waals surface area contributed by atoms with Gasteiger partial charge in [-0.15, -0.1) is 16.4 Å². The van der Waals surface area contributed by atoms with Crippen molar-refractivity contribution in [3.63, 3.8) is 0 Å². The summed E-state index contributed by atoms with van der Waals surface area (Å²) >= 11 is 1.53. The molecule has 11 heteroatoms. The van der Waals surface area contributed by atoms with Gasteiger partial charge in [0.05, 0.1) is 36.4 Å². The van der Waals surface area contributed by atoms with Gasteiger partial charge in [0.15, 0.2) is 11.4 Å². The fourth-order valence-electron chi connectivity index (χ4n) is 4.96. The lowest BCUT2D eigenvalue weighted by Gasteiger charge is -2.20. The Balaban J connectivity index is 1.27. The summed E-state index contributed by atoms with van der Waals surface area (Å²) in [6.07, 6.45) is 7.28. The molecule has 0 spiro atoms. The largest absolute Gasteiger partial charge is 0.489 e. The van der Waals surface area contributed by atoms with Crippen LogP contribution in [0, 0.1) is 0 Å². The molecular formula is C24H26N6O4S. The highest BCUT2D eigenvalue weighted by molar-refractivity contribution is 7.12. The van der Waals surface area contributed by atoms with Gasteiger partial charge in [0, 0.05) is 19.3 Å². The molecule has 0 saturated carbocycles. The predicted molar refractivity (Wildman–Crippen MR) is 126 cm³/mol. The van der Waals surface area contributed by atoms with Crippen LogP contribution in [0.2, 0.25) is 0 Å². The average molecular weight is 495 g/mol. The minimum atomic E-state index is -0.393. The number of thiophene rings is 1. The van der Waals surface area contributed by atoms with Crippen LogP contribution >= 0.6 is 11.3 Å². The van der Waals surface area contributed by atoms with Crippen LogP contribution in [-0.4, -0.2) is 68.5 Å². The normalized spacial score (nSPS) is 22.3. The third-order valence-corrected chi connectivity index (χ3v) is 7.82. The Morgan fingerprint density at radius 1 is 1.23 bits per heavy atom. The third-order valence-electron chi connectivity index (χ3n) is 6.76. The molecule has 1 aliphatic carbocycles. The van der Waals surface area contributed by atoms with Crippen molar-refractivity contribution in [2.75, 3.05) is 19.7 Å². The molecule has 10 nitrogen and oxygen atoms in total. The minimum absolute atomic E-state index is 0.00854. The number of rotatable bonds is 1. The maximum Gasteiger partial charge on any atom is 0.274 e. The number of amides is 2. The number of carbonyl (C=O) groups excluding carboxylic acids is 2. The van der Waals surface area contributed by atoms with E-state index in [9.17, 15) is 9.59 Å². The highest BCUT2D eigenvalue weighted by atomic mass is 32.1. The number of nitrogens with one attached hydrogen (secondary N) is 1. The number of hydrogen-bond acceptors (Lipinski definition) is 8. The Kier molecular flexibility index (Phi) is 5.95. The quantitative estimate of drug-likeness (QED) is 0.550. The minimum Gasteiger partial charge on any atom is -0.489 e. The van der Waals surface area contributed by atoms with Gasteiger partial charge in [0.1, 0.15) is 12.3 Å². The summed E-state index contributed by atoms with van der Waals surface area (Å²) in [6, 6.07) is 3.06. The summed E-state index contributed by atoms with van der Waals surface area (Å²) in [6.45, 7) is 1.77. The molecule has 35 heavy (non-hydrogen) atoms. The maximum absolute atomic E-state index is 13.5. The number of nitrogens with zero attached hydrogens (tertiary/aromatic N) is 5. The molecular weight excluding hydrogens is 468 g/mol. The number of fused-ring (bicyclic) bond motifs is 5. The fraction of sp³-hybridized carbons (Fsp3) is 0.458. The predicted octanol–water partition coefficient (Wildman–Crippen LogP) is 1.85. The zero-order chi connectivity index (χ0) is 23.8. The summed E-state index contributed by atoms with van der Waals surface area (Å²) in [5, 5.41) is 13.5. The van der Waals surface area contributed by atoms with Gasteiger partial charge in [0.2, 0.25) is 0 Å². The molecule has 2 amide bonds. The van der Waals surface area contributed by atoms with E-state index in [4.69, 9.17) is 9.47 Å². The molecule has 2 aliphatic heterocycles. The Hall–Kier alpha value is -3.31. The van der Waals surface area contributed by atoms with Gasteiger partial charge < -0.3 is 19.7 Å². The second-order valence-electron chi connectivity index (χ2n) is 9.09. The lowest BCUT2D eigenvalue weighted by molar-refractivity contribution is 0.0290. The van der Waals surface area contributed by atoms with Crippen LogP contribution in [0.15, 0.2) is 29.9 Å². The molecule has 3 aromatic rings. The monoisotopic (exact) mass is 494 g/mol. The van der Waals surface area contributed by atoms with Crippen molar-refractivity contribution >= 4 is 23.2 Å². The van der Waals surface area contributed by atoms with Crippen molar-refractivity contribution in [1.82, 2.24) is 30.2 Å². The summed E-state index contributed by atoms with van der Waals surface area (Å²) in [7, 11) is 0. The van der Waals surface area contributed by atoms with E-state index in [1.807, 2.05) is 6.20 Å². The topological polar surface area (TPSA) is 111 Å². The van der Waals surface area contributed by atoms with Crippen LogP contribution in [-0.2, 0) is 30.7 Å². The van der Waals surface area contributed by atoms with Gasteiger partial charge in [-0.3, -0.25) is 9.59 Å². The molecule has 1 saturated heterocycles. The van der Waals surface area contributed by atoms with Gasteiger partial charge in [-0.1, -0.05) is 5.21 Å². The maximum atomic E-state index is 13.5. The van der Waals surface area contributed by atoms with Crippen LogP contribution in [0.5, 0.6) is 5.75 Å². The second-order valence-corrected chi connectivity index (χ2v) is 9.97. The van der Waals surface area contributed by atoms with Crippen molar-refractivity contribution in [2.45, 2.75) is 51.0 Å². The molecule has 2 bridgehead atoms. The van der Waals surface area contributed by atoms with E-state index in [0.717, 1.165) is 24.1 Å². The van der Waals surface area contributed by atoms with E-state index in [2.05, 4.69) is 26.0 Å². The summed E-state index contributed by atoms with van der Waals surface area (Å²) in [4.78, 5) is 33.6. The summed E-state index contributed by atoms with van der Waals surface area (Å²) < 4.78 is 13.7. The molecule has 1 N–H and O–H groups in total. The van der Waals surface area contributed by atoms with Gasteiger partial charge >= 0.3 is 0 Å². The number of aromatic nitrogens is 4. The zero-order valence-electron chi connectivity index (χ0n) is 19.2. The number of pyridine rings is 1. The molecule has 0 aromatic carbocycles. The van der Waals surface area contributed by atoms with Gasteiger partial charge in [-0.05, 0) is 54.3 Å². The smallest absolute Gasteiger partial charge is 0.274 e. The lowest BCUT2D eigenvalue weighted by atomic mass is 9.94. The van der Waals surface area contributed by atoms with Crippen molar-refractivity contribution < 1.29 is 19.1 Å². The number of aryl methyl sites for hydroxylation is 1. The number of ether oxygens (including phenoxy) is 2. The van der Waals surface area contributed by atoms with Gasteiger partial charge in [-0.2, -0.15) is 0 Å². The van der Waals surface area contributed by atoms with Crippen molar-refractivity contribution in [2.24, 2.45) is 0 Å². The molecule has 6 rings (SSSR count). The number of likely N-dealkylation sites (tertiary alicyclic amines) is 1. The van der Waals surface area contributed by atoms with Crippen LogP contribution in [0.3, 0.4) is 0 Å². The summed E-state index contributed by atoms with van der Waals surface area (Å²) in [5.74, 6) is 0.0566. The first kappa shape index (κ1) is 22.2. The zero-order valence-corrected chi connectivity index (χ0v) is 20.0. The molecule has 0 radical (unpaired) electrons. The van der Waals surface area contributed by atoms with E-state index >= 15 is 0 Å². The third kappa shape index (κ3) is 4.41. The average Bonchev–Trinajstić information content (AvgIpc) is 3.61. The first-order valence-electron chi connectivity index (χ1n) is 11.9. The molecule has 1 fully saturated rings. The Morgan fingerprint density at radius 3 is 3.09 bits per heavy atom. The van der Waals surface area contributed by atoms with E-state index in [0.29, 0.717) is 37.7 Å². The number of carbonyl (C=O) groups is 2. The lowest BCUT2D eigenvalue weighted by Crippen LogP contribution is -2.44. The first-order valence-corrected chi connectivity index (χ1v) is 12.8. The number of hydrogen-bond donors (Lipinski definition) is 1. The van der Waals surface area contributed by atoms with Gasteiger partial charge in [0.25, 0.3) is 11.8 Å². The van der Waals surface area contributed by atoms with E-state index < -0.39 is 6.04 Å². The molecule has 3 aromatic heterocycles. The summed E-state index contributed by atoms with van der Waals surface area (Å²) in [5.41, 5.74) is 3.39. The van der Waals surface area contributed by atoms with Crippen molar-refractivity contribution in [1.29, 1.82) is 0 Å². The highest BCUT2D eigenvalue weighted by Gasteiger charge is 2.39. The Bertz CT molecular complexity index is 1260. The molecule has 0 unspecified atom stereocenters. The molecule has 3 aliphatic rings.